The molecule has 0 saturated heterocycles. The van der Waals surface area contributed by atoms with E-state index >= 15 is 0 Å². The number of aromatic nitrogens is 1. The first-order valence-corrected chi connectivity index (χ1v) is 10.7. The number of nitro groups is 1. The molecule has 6 heteroatoms. The maximum atomic E-state index is 10.8. The van der Waals surface area contributed by atoms with Gasteiger partial charge < -0.3 is 9.47 Å². The zero-order valence-electron chi connectivity index (χ0n) is 18.2. The van der Waals surface area contributed by atoms with Crippen molar-refractivity contribution in [2.45, 2.75) is 18.6 Å². The molecule has 0 aliphatic rings. The molecule has 0 bridgehead atoms. The van der Waals surface area contributed by atoms with Gasteiger partial charge in [-0.1, -0.05) is 91.0 Å². The summed E-state index contributed by atoms with van der Waals surface area (Å²) < 4.78 is 12.6. The van der Waals surface area contributed by atoms with E-state index in [1.165, 1.54) is 18.3 Å². The Labute approximate surface area is 192 Å². The quantitative estimate of drug-likeness (QED) is 0.188. The average Bonchev–Trinajstić information content (AvgIpc) is 2.88. The number of hydrogen-bond donors (Lipinski definition) is 0. The molecule has 0 saturated carbocycles. The lowest BCUT2D eigenvalue weighted by Crippen LogP contribution is -2.38. The Morgan fingerprint density at radius 1 is 0.818 bits per heavy atom. The average molecular weight is 440 g/mol. The molecule has 1 heterocycles. The summed E-state index contributed by atoms with van der Waals surface area (Å²) in [6, 6.07) is 33.2. The molecule has 6 nitrogen and oxygen atoms in total. The second-order valence-corrected chi connectivity index (χ2v) is 7.63. The minimum absolute atomic E-state index is 0.0806. The van der Waals surface area contributed by atoms with Crippen LogP contribution in [-0.2, 0) is 10.3 Å². The molecule has 0 aliphatic heterocycles. The fourth-order valence-electron chi connectivity index (χ4n) is 3.83. The predicted octanol–water partition coefficient (Wildman–Crippen LogP) is 5.77. The van der Waals surface area contributed by atoms with Gasteiger partial charge in [0.15, 0.2) is 0 Å². The molecule has 0 N–H and O–H groups in total. The maximum Gasteiger partial charge on any atom is 0.287 e. The summed E-state index contributed by atoms with van der Waals surface area (Å²) in [6.45, 7) is 2.16. The Morgan fingerprint density at radius 2 is 1.30 bits per heavy atom. The smallest absolute Gasteiger partial charge is 0.287 e. The Bertz CT molecular complexity index is 1070. The number of ether oxygens (including phenoxy) is 2. The van der Waals surface area contributed by atoms with Crippen LogP contribution in [-0.4, -0.2) is 22.6 Å². The first kappa shape index (κ1) is 22.2. The van der Waals surface area contributed by atoms with Crippen LogP contribution in [0.5, 0.6) is 5.88 Å². The SMILES string of the molecule is C[C@@H](COc1ccc([N+](=O)[O-])cn1)OC(c1ccccc1)(c1ccccc1)c1ccccc1. The van der Waals surface area contributed by atoms with Crippen molar-refractivity contribution in [3.63, 3.8) is 0 Å². The fraction of sp³-hybridized carbons (Fsp3) is 0.148. The highest BCUT2D eigenvalue weighted by atomic mass is 16.6. The van der Waals surface area contributed by atoms with Crippen molar-refractivity contribution in [1.29, 1.82) is 0 Å². The molecule has 33 heavy (non-hydrogen) atoms. The van der Waals surface area contributed by atoms with E-state index < -0.39 is 10.5 Å². The zero-order chi connectivity index (χ0) is 23.1. The lowest BCUT2D eigenvalue weighted by molar-refractivity contribution is -0.385. The van der Waals surface area contributed by atoms with Crippen molar-refractivity contribution in [2.24, 2.45) is 0 Å². The summed E-state index contributed by atoms with van der Waals surface area (Å²) in [6.07, 6.45) is 0.853. The molecule has 0 radical (unpaired) electrons. The van der Waals surface area contributed by atoms with Crippen LogP contribution in [0, 0.1) is 10.1 Å². The van der Waals surface area contributed by atoms with E-state index in [4.69, 9.17) is 9.47 Å². The molecule has 0 unspecified atom stereocenters. The van der Waals surface area contributed by atoms with Crippen molar-refractivity contribution in [3.8, 4) is 5.88 Å². The zero-order valence-corrected chi connectivity index (χ0v) is 18.2. The Morgan fingerprint density at radius 3 is 1.70 bits per heavy atom. The van der Waals surface area contributed by atoms with Gasteiger partial charge in [-0.15, -0.1) is 0 Å². The molecule has 0 fully saturated rings. The van der Waals surface area contributed by atoms with Crippen LogP contribution in [0.1, 0.15) is 23.6 Å². The molecule has 0 amide bonds. The van der Waals surface area contributed by atoms with Crippen LogP contribution in [0.25, 0.3) is 0 Å². The van der Waals surface area contributed by atoms with Gasteiger partial charge in [-0.05, 0) is 23.6 Å². The highest BCUT2D eigenvalue weighted by Crippen LogP contribution is 2.41. The number of benzene rings is 3. The maximum absolute atomic E-state index is 10.8. The monoisotopic (exact) mass is 440 g/mol. The summed E-state index contributed by atoms with van der Waals surface area (Å²) in [5.41, 5.74) is 2.08. The van der Waals surface area contributed by atoms with Crippen LogP contribution in [0.15, 0.2) is 109 Å². The van der Waals surface area contributed by atoms with E-state index in [0.717, 1.165) is 16.7 Å². The summed E-state index contributed by atoms with van der Waals surface area (Å²) >= 11 is 0. The molecule has 166 valence electrons. The Hall–Kier alpha value is -4.03. The van der Waals surface area contributed by atoms with Gasteiger partial charge in [0.05, 0.1) is 11.0 Å². The van der Waals surface area contributed by atoms with Crippen LogP contribution in [0.2, 0.25) is 0 Å². The molecule has 1 atom stereocenters. The van der Waals surface area contributed by atoms with E-state index in [0.29, 0.717) is 5.88 Å². The lowest BCUT2D eigenvalue weighted by Gasteiger charge is -2.38. The second-order valence-electron chi connectivity index (χ2n) is 7.63. The van der Waals surface area contributed by atoms with E-state index in [9.17, 15) is 10.1 Å². The van der Waals surface area contributed by atoms with Crippen LogP contribution in [0.3, 0.4) is 0 Å². The summed E-state index contributed by atoms with van der Waals surface area (Å²) in [7, 11) is 0. The highest BCUT2D eigenvalue weighted by Gasteiger charge is 2.39. The second kappa shape index (κ2) is 10.1. The topological polar surface area (TPSA) is 74.5 Å². The number of rotatable bonds is 9. The molecule has 4 aromatic rings. The van der Waals surface area contributed by atoms with Crippen molar-refractivity contribution in [2.75, 3.05) is 6.61 Å². The Balaban J connectivity index is 1.67. The molecular weight excluding hydrogens is 416 g/mol. The number of pyridine rings is 1. The van der Waals surface area contributed by atoms with Gasteiger partial charge in [0.1, 0.15) is 18.4 Å². The first-order valence-electron chi connectivity index (χ1n) is 10.7. The minimum Gasteiger partial charge on any atom is -0.475 e. The van der Waals surface area contributed by atoms with Crippen LogP contribution < -0.4 is 4.74 Å². The van der Waals surface area contributed by atoms with Gasteiger partial charge in [0.2, 0.25) is 5.88 Å². The largest absolute Gasteiger partial charge is 0.475 e. The summed E-state index contributed by atoms with van der Waals surface area (Å²) in [5.74, 6) is 0.306. The summed E-state index contributed by atoms with van der Waals surface area (Å²) in [4.78, 5) is 14.4. The molecule has 0 spiro atoms. The Kier molecular flexibility index (Phi) is 6.76. The molecule has 3 aromatic carbocycles. The fourth-order valence-corrected chi connectivity index (χ4v) is 3.83. The third-order valence-corrected chi connectivity index (χ3v) is 5.32. The van der Waals surface area contributed by atoms with Gasteiger partial charge in [-0.25, -0.2) is 4.98 Å². The first-order chi connectivity index (χ1) is 16.1. The molecule has 0 aliphatic carbocycles. The van der Waals surface area contributed by atoms with E-state index in [2.05, 4.69) is 41.4 Å². The molecular formula is C27H24N2O4. The van der Waals surface area contributed by atoms with Gasteiger partial charge in [-0.3, -0.25) is 10.1 Å². The lowest BCUT2D eigenvalue weighted by atomic mass is 9.80. The van der Waals surface area contributed by atoms with Gasteiger partial charge >= 0.3 is 0 Å². The number of nitrogens with zero attached hydrogens (tertiary/aromatic N) is 2. The standard InChI is InChI=1S/C27H24N2O4/c1-21(20-32-26-18-17-25(19-28-26)29(30)31)33-27(22-11-5-2-6-12-22,23-13-7-3-8-14-23)24-15-9-4-10-16-24/h2-19,21H,20H2,1H3/t21-/m0/s1. The molecule has 4 rings (SSSR count). The van der Waals surface area contributed by atoms with E-state index in [-0.39, 0.29) is 18.4 Å². The van der Waals surface area contributed by atoms with Gasteiger partial charge in [0, 0.05) is 12.1 Å². The van der Waals surface area contributed by atoms with E-state index in [1.54, 1.807) is 0 Å². The third kappa shape index (κ3) is 4.91. The predicted molar refractivity (Wildman–Crippen MR) is 126 cm³/mol. The minimum atomic E-state index is -0.852. The van der Waals surface area contributed by atoms with E-state index in [1.807, 2.05) is 61.5 Å². The normalized spacial score (nSPS) is 12.2. The van der Waals surface area contributed by atoms with Crippen LogP contribution in [0.4, 0.5) is 5.69 Å². The summed E-state index contributed by atoms with van der Waals surface area (Å²) in [5, 5.41) is 10.8. The van der Waals surface area contributed by atoms with Crippen LogP contribution >= 0.6 is 0 Å². The van der Waals surface area contributed by atoms with Gasteiger partial charge in [-0.2, -0.15) is 0 Å². The van der Waals surface area contributed by atoms with Crippen molar-refractivity contribution < 1.29 is 14.4 Å². The van der Waals surface area contributed by atoms with Gasteiger partial charge in [0.25, 0.3) is 5.69 Å². The van der Waals surface area contributed by atoms with Crippen molar-refractivity contribution in [1.82, 2.24) is 4.98 Å². The molecule has 1 aromatic heterocycles. The third-order valence-electron chi connectivity index (χ3n) is 5.32. The highest BCUT2D eigenvalue weighted by molar-refractivity contribution is 5.47. The van der Waals surface area contributed by atoms with Crippen molar-refractivity contribution in [3.05, 3.63) is 136 Å². The number of hydrogen-bond acceptors (Lipinski definition) is 5. The van der Waals surface area contributed by atoms with Crippen molar-refractivity contribution >= 4 is 5.69 Å².